The Morgan fingerprint density at radius 1 is 1.50 bits per heavy atom. The Hall–Kier alpha value is -1.31. The van der Waals surface area contributed by atoms with E-state index in [0.717, 1.165) is 42.0 Å². The van der Waals surface area contributed by atoms with Crippen molar-refractivity contribution >= 4 is 28.6 Å². The number of nitrogens with zero attached hydrogens (tertiary/aromatic N) is 3. The van der Waals surface area contributed by atoms with Gasteiger partial charge in [-0.3, -0.25) is 4.90 Å². The highest BCUT2D eigenvalue weighted by atomic mass is 32.2. The third-order valence-corrected chi connectivity index (χ3v) is 4.59. The molecule has 0 radical (unpaired) electrons. The number of aromatic amines is 1. The minimum atomic E-state index is -0.229. The van der Waals surface area contributed by atoms with Crippen molar-refractivity contribution < 1.29 is 5.11 Å². The summed E-state index contributed by atoms with van der Waals surface area (Å²) in [7, 11) is 0. The molecule has 3 rings (SSSR count). The minimum absolute atomic E-state index is 0.229. The Morgan fingerprint density at radius 3 is 3.15 bits per heavy atom. The first-order valence-corrected chi connectivity index (χ1v) is 8.04. The van der Waals surface area contributed by atoms with E-state index in [1.54, 1.807) is 11.8 Å². The largest absolute Gasteiger partial charge is 0.391 e. The fourth-order valence-corrected chi connectivity index (χ4v) is 3.58. The van der Waals surface area contributed by atoms with Crippen LogP contribution in [0.2, 0.25) is 0 Å². The van der Waals surface area contributed by atoms with Crippen LogP contribution in [0.15, 0.2) is 12.5 Å². The van der Waals surface area contributed by atoms with Gasteiger partial charge in [-0.1, -0.05) is 0 Å². The Kier molecular flexibility index (Phi) is 3.82. The molecule has 7 heteroatoms. The Balaban J connectivity index is 1.76. The number of likely N-dealkylation sites (tertiary alicyclic amines) is 1. The predicted molar refractivity (Wildman–Crippen MR) is 81.5 cm³/mol. The molecule has 1 unspecified atom stereocenters. The molecule has 1 aliphatic heterocycles. The van der Waals surface area contributed by atoms with Crippen LogP contribution in [0, 0.1) is 5.92 Å². The lowest BCUT2D eigenvalue weighted by molar-refractivity contribution is 0.149. The van der Waals surface area contributed by atoms with Gasteiger partial charge in [-0.15, -0.1) is 0 Å². The predicted octanol–water partition coefficient (Wildman–Crippen LogP) is 0.696. The van der Waals surface area contributed by atoms with E-state index < -0.39 is 0 Å². The van der Waals surface area contributed by atoms with Gasteiger partial charge in [0.2, 0.25) is 0 Å². The average Bonchev–Trinajstić information content (AvgIpc) is 2.97. The zero-order valence-electron chi connectivity index (χ0n) is 11.4. The number of nitrogens with one attached hydrogen (secondary N) is 1. The SMILES string of the molecule is CSC[C@H]1CN(Cc2c[nH]c3c(N)ncnc23)CC1O. The number of nitrogen functional groups attached to an aromatic ring is 1. The molecule has 3 heterocycles. The van der Waals surface area contributed by atoms with Crippen LogP contribution in [-0.2, 0) is 6.54 Å². The van der Waals surface area contributed by atoms with Gasteiger partial charge in [-0.2, -0.15) is 11.8 Å². The van der Waals surface area contributed by atoms with Crippen molar-refractivity contribution in [2.45, 2.75) is 12.6 Å². The summed E-state index contributed by atoms with van der Waals surface area (Å²) in [6.45, 7) is 2.42. The van der Waals surface area contributed by atoms with E-state index in [0.29, 0.717) is 11.7 Å². The van der Waals surface area contributed by atoms with Crippen molar-refractivity contribution in [3.63, 3.8) is 0 Å². The summed E-state index contributed by atoms with van der Waals surface area (Å²) >= 11 is 1.79. The van der Waals surface area contributed by atoms with Crippen molar-refractivity contribution in [3.8, 4) is 0 Å². The van der Waals surface area contributed by atoms with E-state index in [9.17, 15) is 5.11 Å². The number of aromatic nitrogens is 3. The van der Waals surface area contributed by atoms with E-state index in [1.165, 1.54) is 6.33 Å². The van der Waals surface area contributed by atoms with Crippen LogP contribution in [0.25, 0.3) is 11.0 Å². The first-order chi connectivity index (χ1) is 9.69. The molecule has 0 aliphatic carbocycles. The molecule has 0 aromatic carbocycles. The van der Waals surface area contributed by atoms with Crippen molar-refractivity contribution in [1.29, 1.82) is 0 Å². The fourth-order valence-electron chi connectivity index (χ4n) is 2.82. The number of nitrogens with two attached hydrogens (primary N) is 1. The van der Waals surface area contributed by atoms with Gasteiger partial charge in [0.25, 0.3) is 0 Å². The molecule has 0 saturated carbocycles. The van der Waals surface area contributed by atoms with E-state index in [-0.39, 0.29) is 6.10 Å². The van der Waals surface area contributed by atoms with Crippen LogP contribution >= 0.6 is 11.8 Å². The topological polar surface area (TPSA) is 91.1 Å². The second kappa shape index (κ2) is 5.59. The van der Waals surface area contributed by atoms with Gasteiger partial charge in [0, 0.05) is 37.3 Å². The maximum Gasteiger partial charge on any atom is 0.151 e. The van der Waals surface area contributed by atoms with Crippen LogP contribution in [0.5, 0.6) is 0 Å². The smallest absolute Gasteiger partial charge is 0.151 e. The van der Waals surface area contributed by atoms with Gasteiger partial charge in [-0.05, 0) is 12.0 Å². The number of anilines is 1. The van der Waals surface area contributed by atoms with Crippen LogP contribution in [0.4, 0.5) is 5.82 Å². The molecule has 0 spiro atoms. The molecule has 4 N–H and O–H groups in total. The number of rotatable bonds is 4. The van der Waals surface area contributed by atoms with Crippen LogP contribution in [0.1, 0.15) is 5.56 Å². The van der Waals surface area contributed by atoms with Gasteiger partial charge in [0.1, 0.15) is 11.8 Å². The van der Waals surface area contributed by atoms with Gasteiger partial charge >= 0.3 is 0 Å². The van der Waals surface area contributed by atoms with E-state index in [1.807, 2.05) is 6.20 Å². The molecular weight excluding hydrogens is 274 g/mol. The normalized spacial score (nSPS) is 23.7. The molecule has 1 aliphatic rings. The highest BCUT2D eigenvalue weighted by Gasteiger charge is 2.31. The molecule has 20 heavy (non-hydrogen) atoms. The van der Waals surface area contributed by atoms with Gasteiger partial charge < -0.3 is 15.8 Å². The number of β-amino-alcohol motifs (C(OH)–C–C–N with tert-alkyl or cyclic N) is 1. The molecule has 2 atom stereocenters. The molecule has 0 bridgehead atoms. The molecule has 1 fully saturated rings. The molecule has 2 aromatic rings. The number of aliphatic hydroxyl groups is 1. The third-order valence-electron chi connectivity index (χ3n) is 3.83. The van der Waals surface area contributed by atoms with Crippen LogP contribution in [0.3, 0.4) is 0 Å². The first kappa shape index (κ1) is 13.7. The summed E-state index contributed by atoms with van der Waals surface area (Å²) < 4.78 is 0. The van der Waals surface area contributed by atoms with Crippen molar-refractivity contribution in [2.24, 2.45) is 5.92 Å². The Labute approximate surface area is 121 Å². The van der Waals surface area contributed by atoms with Crippen molar-refractivity contribution in [2.75, 3.05) is 30.8 Å². The molecule has 6 nitrogen and oxygen atoms in total. The lowest BCUT2D eigenvalue weighted by atomic mass is 10.1. The van der Waals surface area contributed by atoms with E-state index >= 15 is 0 Å². The highest BCUT2D eigenvalue weighted by molar-refractivity contribution is 7.98. The summed E-state index contributed by atoms with van der Waals surface area (Å²) in [5, 5.41) is 10.1. The summed E-state index contributed by atoms with van der Waals surface area (Å²) in [5.74, 6) is 1.83. The Bertz CT molecular complexity index is 601. The maximum absolute atomic E-state index is 10.1. The summed E-state index contributed by atoms with van der Waals surface area (Å²) in [6, 6.07) is 0. The van der Waals surface area contributed by atoms with E-state index in [2.05, 4.69) is 26.1 Å². The number of aliphatic hydroxyl groups excluding tert-OH is 1. The quantitative estimate of drug-likeness (QED) is 0.768. The summed E-state index contributed by atoms with van der Waals surface area (Å²) in [6.07, 6.45) is 5.27. The molecular formula is C13H19N5OS. The molecule has 2 aromatic heterocycles. The van der Waals surface area contributed by atoms with Crippen LogP contribution < -0.4 is 5.73 Å². The average molecular weight is 293 g/mol. The number of fused-ring (bicyclic) bond motifs is 1. The third kappa shape index (κ3) is 2.48. The van der Waals surface area contributed by atoms with Gasteiger partial charge in [0.15, 0.2) is 5.82 Å². The maximum atomic E-state index is 10.1. The zero-order valence-corrected chi connectivity index (χ0v) is 12.2. The molecule has 108 valence electrons. The minimum Gasteiger partial charge on any atom is -0.391 e. The van der Waals surface area contributed by atoms with Gasteiger partial charge in [-0.25, -0.2) is 9.97 Å². The fraction of sp³-hybridized carbons (Fsp3) is 0.538. The van der Waals surface area contributed by atoms with Crippen molar-refractivity contribution in [1.82, 2.24) is 19.9 Å². The first-order valence-electron chi connectivity index (χ1n) is 6.65. The summed E-state index contributed by atoms with van der Waals surface area (Å²) in [5.41, 5.74) is 8.60. The van der Waals surface area contributed by atoms with E-state index in [4.69, 9.17) is 5.73 Å². The second-order valence-electron chi connectivity index (χ2n) is 5.27. The van der Waals surface area contributed by atoms with Crippen LogP contribution in [-0.4, -0.2) is 56.2 Å². The number of thioether (sulfide) groups is 1. The Morgan fingerprint density at radius 2 is 2.35 bits per heavy atom. The monoisotopic (exact) mass is 293 g/mol. The zero-order chi connectivity index (χ0) is 14.1. The highest BCUT2D eigenvalue weighted by Crippen LogP contribution is 2.25. The standard InChI is InChI=1S/C13H19N5OS/c1-20-6-9-4-18(5-10(9)19)3-8-2-15-12-11(8)16-7-17-13(12)14/h2,7,9-10,15,19H,3-6H2,1H3,(H2,14,16,17)/t9-,10?/m1/s1. The molecule has 0 amide bonds. The number of hydrogen-bond acceptors (Lipinski definition) is 6. The van der Waals surface area contributed by atoms with Gasteiger partial charge in [0.05, 0.1) is 11.6 Å². The summed E-state index contributed by atoms with van der Waals surface area (Å²) in [4.78, 5) is 13.7. The number of H-pyrrole nitrogens is 1. The lowest BCUT2D eigenvalue weighted by Crippen LogP contribution is -2.21. The number of hydrogen-bond donors (Lipinski definition) is 3. The second-order valence-corrected chi connectivity index (χ2v) is 6.18. The van der Waals surface area contributed by atoms with Crippen molar-refractivity contribution in [3.05, 3.63) is 18.1 Å². The molecule has 1 saturated heterocycles. The lowest BCUT2D eigenvalue weighted by Gasteiger charge is -2.14.